The highest BCUT2D eigenvalue weighted by Crippen LogP contribution is 2.21. The van der Waals surface area contributed by atoms with Crippen LogP contribution in [0.5, 0.6) is 0 Å². The molecule has 20 heavy (non-hydrogen) atoms. The van der Waals surface area contributed by atoms with Gasteiger partial charge in [0.15, 0.2) is 0 Å². The first-order valence-electron chi connectivity index (χ1n) is 7.11. The predicted octanol–water partition coefficient (Wildman–Crippen LogP) is 2.32. The molecular weight excluding hydrogens is 274 g/mol. The van der Waals surface area contributed by atoms with Crippen molar-refractivity contribution in [2.45, 2.75) is 57.7 Å². The van der Waals surface area contributed by atoms with Gasteiger partial charge in [-0.1, -0.05) is 13.8 Å². The molecule has 2 unspecified atom stereocenters. The molecule has 0 aromatic carbocycles. The summed E-state index contributed by atoms with van der Waals surface area (Å²) in [5.74, 6) is 0.418. The molecule has 1 fully saturated rings. The van der Waals surface area contributed by atoms with E-state index >= 15 is 0 Å². The second-order valence-electron chi connectivity index (χ2n) is 5.74. The summed E-state index contributed by atoms with van der Waals surface area (Å²) in [7, 11) is 1.76. The fraction of sp³-hybridized carbons (Fsp3) is 0.714. The van der Waals surface area contributed by atoms with E-state index in [9.17, 15) is 9.90 Å². The van der Waals surface area contributed by atoms with Crippen molar-refractivity contribution in [3.05, 3.63) is 16.1 Å². The lowest BCUT2D eigenvalue weighted by atomic mass is 10.2. The third kappa shape index (κ3) is 3.70. The summed E-state index contributed by atoms with van der Waals surface area (Å²) in [6, 6.07) is -0.248. The van der Waals surface area contributed by atoms with Crippen molar-refractivity contribution in [1.82, 2.24) is 15.2 Å². The highest BCUT2D eigenvalue weighted by Gasteiger charge is 2.27. The van der Waals surface area contributed by atoms with Gasteiger partial charge in [-0.05, 0) is 19.3 Å². The number of hydrogen-bond acceptors (Lipinski definition) is 4. The molecule has 1 aromatic heterocycles. The van der Waals surface area contributed by atoms with Crippen molar-refractivity contribution in [3.63, 3.8) is 0 Å². The van der Waals surface area contributed by atoms with Gasteiger partial charge in [0, 0.05) is 18.3 Å². The first-order valence-corrected chi connectivity index (χ1v) is 7.99. The van der Waals surface area contributed by atoms with Gasteiger partial charge in [-0.15, -0.1) is 11.3 Å². The Morgan fingerprint density at radius 1 is 1.60 bits per heavy atom. The van der Waals surface area contributed by atoms with Crippen LogP contribution >= 0.6 is 11.3 Å². The number of carbonyl (C=O) groups is 1. The zero-order valence-electron chi connectivity index (χ0n) is 12.3. The molecule has 1 aliphatic carbocycles. The Kier molecular flexibility index (Phi) is 4.99. The Bertz CT molecular complexity index is 461. The average Bonchev–Trinajstić information content (AvgIpc) is 2.99. The molecule has 1 saturated carbocycles. The molecule has 1 heterocycles. The summed E-state index contributed by atoms with van der Waals surface area (Å²) in [6.45, 7) is 4.72. The Hall–Kier alpha value is -1.14. The SMILES string of the molecule is CC(C)c1nc(CN(C)C(=O)NC2CCCC2O)cs1. The van der Waals surface area contributed by atoms with E-state index in [0.717, 1.165) is 30.0 Å². The predicted molar refractivity (Wildman–Crippen MR) is 79.8 cm³/mol. The molecule has 6 heteroatoms. The lowest BCUT2D eigenvalue weighted by Crippen LogP contribution is -2.45. The minimum atomic E-state index is -0.404. The lowest BCUT2D eigenvalue weighted by Gasteiger charge is -2.22. The fourth-order valence-corrected chi connectivity index (χ4v) is 3.18. The summed E-state index contributed by atoms with van der Waals surface area (Å²) < 4.78 is 0. The smallest absolute Gasteiger partial charge is 0.317 e. The van der Waals surface area contributed by atoms with Crippen LogP contribution in [0.1, 0.15) is 49.7 Å². The van der Waals surface area contributed by atoms with Gasteiger partial charge in [-0.25, -0.2) is 9.78 Å². The van der Waals surface area contributed by atoms with Crippen LogP contribution in [0.15, 0.2) is 5.38 Å². The van der Waals surface area contributed by atoms with E-state index in [-0.39, 0.29) is 12.1 Å². The average molecular weight is 297 g/mol. The summed E-state index contributed by atoms with van der Waals surface area (Å²) in [5, 5.41) is 15.7. The van der Waals surface area contributed by atoms with Crippen molar-refractivity contribution >= 4 is 17.4 Å². The summed E-state index contributed by atoms with van der Waals surface area (Å²) in [6.07, 6.45) is 2.20. The van der Waals surface area contributed by atoms with E-state index < -0.39 is 6.10 Å². The molecular formula is C14H23N3O2S. The number of rotatable bonds is 4. The molecule has 0 radical (unpaired) electrons. The Morgan fingerprint density at radius 3 is 2.90 bits per heavy atom. The summed E-state index contributed by atoms with van der Waals surface area (Å²) in [5.41, 5.74) is 0.920. The van der Waals surface area contributed by atoms with Crippen LogP contribution in [0.25, 0.3) is 0 Å². The quantitative estimate of drug-likeness (QED) is 0.896. The molecule has 2 rings (SSSR count). The maximum absolute atomic E-state index is 12.1. The number of aliphatic hydroxyl groups is 1. The van der Waals surface area contributed by atoms with E-state index in [1.807, 2.05) is 5.38 Å². The van der Waals surface area contributed by atoms with Gasteiger partial charge in [0.2, 0.25) is 0 Å². The molecule has 5 nitrogen and oxygen atoms in total. The van der Waals surface area contributed by atoms with Gasteiger partial charge in [-0.3, -0.25) is 0 Å². The summed E-state index contributed by atoms with van der Waals surface area (Å²) >= 11 is 1.64. The number of thiazole rings is 1. The third-order valence-corrected chi connectivity index (χ3v) is 4.79. The molecule has 2 amide bonds. The number of carbonyl (C=O) groups excluding carboxylic acids is 1. The highest BCUT2D eigenvalue weighted by molar-refractivity contribution is 7.09. The molecule has 2 N–H and O–H groups in total. The molecule has 1 aliphatic rings. The molecule has 112 valence electrons. The number of aliphatic hydroxyl groups excluding tert-OH is 1. The third-order valence-electron chi connectivity index (χ3n) is 3.60. The van der Waals surface area contributed by atoms with Crippen molar-refractivity contribution in [2.75, 3.05) is 7.05 Å². The van der Waals surface area contributed by atoms with E-state index in [2.05, 4.69) is 24.1 Å². The van der Waals surface area contributed by atoms with Crippen LogP contribution < -0.4 is 5.32 Å². The minimum Gasteiger partial charge on any atom is -0.391 e. The zero-order valence-corrected chi connectivity index (χ0v) is 13.1. The first-order chi connectivity index (χ1) is 9.47. The minimum absolute atomic E-state index is 0.105. The number of hydrogen-bond donors (Lipinski definition) is 2. The van der Waals surface area contributed by atoms with E-state index in [0.29, 0.717) is 12.5 Å². The van der Waals surface area contributed by atoms with Crippen LogP contribution in [0.4, 0.5) is 4.79 Å². The Balaban J connectivity index is 1.86. The first kappa shape index (κ1) is 15.3. The van der Waals surface area contributed by atoms with Gasteiger partial charge in [0.05, 0.1) is 29.4 Å². The van der Waals surface area contributed by atoms with Crippen LogP contribution in [-0.4, -0.2) is 40.2 Å². The fourth-order valence-electron chi connectivity index (χ4n) is 2.35. The molecule has 2 atom stereocenters. The van der Waals surface area contributed by atoms with E-state index in [4.69, 9.17) is 0 Å². The van der Waals surface area contributed by atoms with Crippen LogP contribution in [0.3, 0.4) is 0 Å². The van der Waals surface area contributed by atoms with Gasteiger partial charge in [-0.2, -0.15) is 0 Å². The normalized spacial score (nSPS) is 22.2. The Morgan fingerprint density at radius 2 is 2.35 bits per heavy atom. The second-order valence-corrected chi connectivity index (χ2v) is 6.63. The second kappa shape index (κ2) is 6.54. The van der Waals surface area contributed by atoms with E-state index in [1.54, 1.807) is 23.3 Å². The van der Waals surface area contributed by atoms with E-state index in [1.165, 1.54) is 0 Å². The van der Waals surface area contributed by atoms with Gasteiger partial charge in [0.1, 0.15) is 0 Å². The molecule has 0 bridgehead atoms. The van der Waals surface area contributed by atoms with Crippen molar-refractivity contribution < 1.29 is 9.90 Å². The molecule has 1 aromatic rings. The van der Waals surface area contributed by atoms with Crippen molar-refractivity contribution in [2.24, 2.45) is 0 Å². The molecule has 0 aliphatic heterocycles. The van der Waals surface area contributed by atoms with Crippen molar-refractivity contribution in [3.8, 4) is 0 Å². The standard InChI is InChI=1S/C14H23N3O2S/c1-9(2)13-15-10(8-20-13)7-17(3)14(19)16-11-5-4-6-12(11)18/h8-9,11-12,18H,4-7H2,1-3H3,(H,16,19). The van der Waals surface area contributed by atoms with Crippen molar-refractivity contribution in [1.29, 1.82) is 0 Å². The summed E-state index contributed by atoms with van der Waals surface area (Å²) in [4.78, 5) is 18.2. The number of aromatic nitrogens is 1. The number of nitrogens with one attached hydrogen (secondary N) is 1. The molecule has 0 spiro atoms. The lowest BCUT2D eigenvalue weighted by molar-refractivity contribution is 0.142. The largest absolute Gasteiger partial charge is 0.391 e. The molecule has 0 saturated heterocycles. The van der Waals surface area contributed by atoms with Crippen LogP contribution in [-0.2, 0) is 6.54 Å². The maximum atomic E-state index is 12.1. The monoisotopic (exact) mass is 297 g/mol. The number of amides is 2. The highest BCUT2D eigenvalue weighted by atomic mass is 32.1. The zero-order chi connectivity index (χ0) is 14.7. The number of nitrogens with zero attached hydrogens (tertiary/aromatic N) is 2. The van der Waals surface area contributed by atoms with Gasteiger partial charge >= 0.3 is 6.03 Å². The van der Waals surface area contributed by atoms with Gasteiger partial charge < -0.3 is 15.3 Å². The van der Waals surface area contributed by atoms with Gasteiger partial charge in [0.25, 0.3) is 0 Å². The van der Waals surface area contributed by atoms with Crippen LogP contribution in [0.2, 0.25) is 0 Å². The number of urea groups is 1. The Labute approximate surface area is 124 Å². The topological polar surface area (TPSA) is 65.5 Å². The van der Waals surface area contributed by atoms with Crippen LogP contribution in [0, 0.1) is 0 Å². The maximum Gasteiger partial charge on any atom is 0.317 e.